The van der Waals surface area contributed by atoms with Crippen LogP contribution in [0.3, 0.4) is 0 Å². The van der Waals surface area contributed by atoms with Crippen molar-refractivity contribution in [2.75, 3.05) is 17.2 Å². The second kappa shape index (κ2) is 6.60. The molecule has 20 heavy (non-hydrogen) atoms. The van der Waals surface area contributed by atoms with Crippen molar-refractivity contribution in [2.24, 2.45) is 0 Å². The van der Waals surface area contributed by atoms with E-state index in [0.717, 1.165) is 6.07 Å². The maximum absolute atomic E-state index is 13.5. The highest BCUT2D eigenvalue weighted by Gasteiger charge is 2.07. The number of halogens is 3. The van der Waals surface area contributed by atoms with E-state index in [0.29, 0.717) is 28.3 Å². The molecule has 1 heterocycles. The molecule has 0 atom stereocenters. The van der Waals surface area contributed by atoms with Gasteiger partial charge in [0.05, 0.1) is 4.47 Å². The lowest BCUT2D eigenvalue weighted by atomic mass is 10.2. The van der Waals surface area contributed by atoms with Crippen LogP contribution in [0.1, 0.15) is 12.5 Å². The Bertz CT molecular complexity index is 607. The van der Waals surface area contributed by atoms with Gasteiger partial charge in [-0.25, -0.2) is 13.8 Å². The standard InChI is InChI=1S/C13H13BrF2N4/c1-2-17-13-19-7-10(14)12(20-13)18-6-8-3-4-9(15)5-11(8)16/h3-5,7H,2,6H2,1H3,(H2,17,18,19,20). The van der Waals surface area contributed by atoms with Crippen LogP contribution in [0.5, 0.6) is 0 Å². The van der Waals surface area contributed by atoms with Crippen molar-refractivity contribution in [3.63, 3.8) is 0 Å². The minimum atomic E-state index is -0.594. The average Bonchev–Trinajstić information content (AvgIpc) is 2.41. The fourth-order valence-corrected chi connectivity index (χ4v) is 1.91. The quantitative estimate of drug-likeness (QED) is 0.872. The van der Waals surface area contributed by atoms with E-state index in [1.807, 2.05) is 6.92 Å². The van der Waals surface area contributed by atoms with Gasteiger partial charge in [-0.05, 0) is 28.9 Å². The van der Waals surface area contributed by atoms with Gasteiger partial charge < -0.3 is 10.6 Å². The van der Waals surface area contributed by atoms with Gasteiger partial charge in [0.15, 0.2) is 0 Å². The first-order valence-electron chi connectivity index (χ1n) is 6.04. The summed E-state index contributed by atoms with van der Waals surface area (Å²) >= 11 is 3.32. The molecule has 0 aliphatic carbocycles. The van der Waals surface area contributed by atoms with Crippen molar-refractivity contribution >= 4 is 27.7 Å². The molecule has 0 aliphatic heterocycles. The van der Waals surface area contributed by atoms with Crippen LogP contribution in [0.2, 0.25) is 0 Å². The molecule has 106 valence electrons. The summed E-state index contributed by atoms with van der Waals surface area (Å²) in [5.41, 5.74) is 0.363. The largest absolute Gasteiger partial charge is 0.365 e. The van der Waals surface area contributed by atoms with E-state index in [2.05, 4.69) is 36.5 Å². The average molecular weight is 343 g/mol. The first-order valence-corrected chi connectivity index (χ1v) is 6.83. The number of hydrogen-bond acceptors (Lipinski definition) is 4. The first kappa shape index (κ1) is 14.6. The van der Waals surface area contributed by atoms with E-state index in [4.69, 9.17) is 0 Å². The van der Waals surface area contributed by atoms with Crippen molar-refractivity contribution in [3.8, 4) is 0 Å². The van der Waals surface area contributed by atoms with Gasteiger partial charge in [-0.3, -0.25) is 0 Å². The monoisotopic (exact) mass is 342 g/mol. The summed E-state index contributed by atoms with van der Waals surface area (Å²) < 4.78 is 27.0. The number of anilines is 2. The minimum absolute atomic E-state index is 0.202. The third-order valence-corrected chi connectivity index (χ3v) is 3.12. The van der Waals surface area contributed by atoms with Crippen LogP contribution in [-0.2, 0) is 6.54 Å². The van der Waals surface area contributed by atoms with Gasteiger partial charge >= 0.3 is 0 Å². The van der Waals surface area contributed by atoms with E-state index in [9.17, 15) is 8.78 Å². The van der Waals surface area contributed by atoms with E-state index >= 15 is 0 Å². The summed E-state index contributed by atoms with van der Waals surface area (Å²) in [5.74, 6) is -0.157. The van der Waals surface area contributed by atoms with Gasteiger partial charge in [0.1, 0.15) is 17.5 Å². The summed E-state index contributed by atoms with van der Waals surface area (Å²) in [6.45, 7) is 2.84. The van der Waals surface area contributed by atoms with Crippen molar-refractivity contribution in [1.29, 1.82) is 0 Å². The van der Waals surface area contributed by atoms with Crippen LogP contribution < -0.4 is 10.6 Å². The van der Waals surface area contributed by atoms with Gasteiger partial charge in [-0.15, -0.1) is 0 Å². The number of aromatic nitrogens is 2. The number of benzene rings is 1. The maximum atomic E-state index is 13.5. The summed E-state index contributed by atoms with van der Waals surface area (Å²) in [4.78, 5) is 8.33. The molecule has 7 heteroatoms. The molecule has 0 fully saturated rings. The Kier molecular flexibility index (Phi) is 4.84. The van der Waals surface area contributed by atoms with Crippen LogP contribution in [0.25, 0.3) is 0 Å². The summed E-state index contributed by atoms with van der Waals surface area (Å²) in [6, 6.07) is 3.48. The molecule has 4 nitrogen and oxygen atoms in total. The highest BCUT2D eigenvalue weighted by atomic mass is 79.9. The predicted octanol–water partition coefficient (Wildman–Crippen LogP) is 3.56. The Balaban J connectivity index is 2.11. The number of rotatable bonds is 5. The minimum Gasteiger partial charge on any atom is -0.365 e. The molecule has 2 N–H and O–H groups in total. The normalized spacial score (nSPS) is 10.4. The highest BCUT2D eigenvalue weighted by molar-refractivity contribution is 9.10. The number of hydrogen-bond donors (Lipinski definition) is 2. The van der Waals surface area contributed by atoms with Crippen LogP contribution in [-0.4, -0.2) is 16.5 Å². The second-order valence-corrected chi connectivity index (χ2v) is 4.86. The summed E-state index contributed by atoms with van der Waals surface area (Å²) in [5, 5.41) is 5.97. The summed E-state index contributed by atoms with van der Waals surface area (Å²) in [6.07, 6.45) is 1.61. The van der Waals surface area contributed by atoms with Crippen LogP contribution in [0.4, 0.5) is 20.5 Å². The van der Waals surface area contributed by atoms with E-state index < -0.39 is 11.6 Å². The molecule has 1 aromatic heterocycles. The molecule has 0 amide bonds. The lowest BCUT2D eigenvalue weighted by Gasteiger charge is -2.10. The zero-order valence-electron chi connectivity index (χ0n) is 10.8. The Morgan fingerprint density at radius 2 is 2.05 bits per heavy atom. The van der Waals surface area contributed by atoms with E-state index in [1.165, 1.54) is 12.1 Å². The molecule has 0 unspecified atom stereocenters. The maximum Gasteiger partial charge on any atom is 0.224 e. The molecule has 2 aromatic rings. The van der Waals surface area contributed by atoms with Gasteiger partial charge in [0, 0.05) is 30.9 Å². The molecule has 0 spiro atoms. The van der Waals surface area contributed by atoms with Gasteiger partial charge in [-0.1, -0.05) is 6.07 Å². The fraction of sp³-hybridized carbons (Fsp3) is 0.231. The fourth-order valence-electron chi connectivity index (χ4n) is 1.58. The Hall–Kier alpha value is -1.76. The molecule has 0 saturated heterocycles. The van der Waals surface area contributed by atoms with Crippen molar-refractivity contribution in [1.82, 2.24) is 9.97 Å². The molecule has 0 bridgehead atoms. The van der Waals surface area contributed by atoms with E-state index in [1.54, 1.807) is 6.20 Å². The number of nitrogens with one attached hydrogen (secondary N) is 2. The van der Waals surface area contributed by atoms with Gasteiger partial charge in [-0.2, -0.15) is 4.98 Å². The van der Waals surface area contributed by atoms with Gasteiger partial charge in [0.25, 0.3) is 0 Å². The molecule has 0 saturated carbocycles. The molecule has 0 radical (unpaired) electrons. The van der Waals surface area contributed by atoms with Crippen molar-refractivity contribution < 1.29 is 8.78 Å². The molecule has 0 aliphatic rings. The van der Waals surface area contributed by atoms with Crippen LogP contribution in [0, 0.1) is 11.6 Å². The third kappa shape index (κ3) is 3.63. The topological polar surface area (TPSA) is 49.8 Å². The zero-order valence-corrected chi connectivity index (χ0v) is 12.3. The molecule has 2 rings (SSSR count). The molecular weight excluding hydrogens is 330 g/mol. The molecule has 1 aromatic carbocycles. The SMILES string of the molecule is CCNc1ncc(Br)c(NCc2ccc(F)cc2F)n1. The van der Waals surface area contributed by atoms with Crippen molar-refractivity contribution in [3.05, 3.63) is 46.1 Å². The Morgan fingerprint density at radius 3 is 2.75 bits per heavy atom. The zero-order chi connectivity index (χ0) is 14.5. The Labute approximate surface area is 123 Å². The lowest BCUT2D eigenvalue weighted by molar-refractivity contribution is 0.574. The van der Waals surface area contributed by atoms with Crippen LogP contribution >= 0.6 is 15.9 Å². The van der Waals surface area contributed by atoms with Crippen molar-refractivity contribution in [2.45, 2.75) is 13.5 Å². The first-order chi connectivity index (χ1) is 9.60. The third-order valence-electron chi connectivity index (χ3n) is 2.54. The second-order valence-electron chi connectivity index (χ2n) is 4.01. The Morgan fingerprint density at radius 1 is 1.25 bits per heavy atom. The van der Waals surface area contributed by atoms with Crippen LogP contribution in [0.15, 0.2) is 28.9 Å². The van der Waals surface area contributed by atoms with Gasteiger partial charge in [0.2, 0.25) is 5.95 Å². The highest BCUT2D eigenvalue weighted by Crippen LogP contribution is 2.21. The number of nitrogens with zero attached hydrogens (tertiary/aromatic N) is 2. The molecular formula is C13H13BrF2N4. The predicted molar refractivity (Wildman–Crippen MR) is 77.6 cm³/mol. The smallest absolute Gasteiger partial charge is 0.224 e. The lowest BCUT2D eigenvalue weighted by Crippen LogP contribution is -2.08. The van der Waals surface area contributed by atoms with E-state index in [-0.39, 0.29) is 6.54 Å². The summed E-state index contributed by atoms with van der Waals surface area (Å²) in [7, 11) is 0.